The molecule has 4 nitrogen and oxygen atoms in total. The second-order valence-electron chi connectivity index (χ2n) is 18.0. The van der Waals surface area contributed by atoms with Crippen molar-refractivity contribution < 1.29 is 8.78 Å². The number of anilines is 2. The molecule has 67 heavy (non-hydrogen) atoms. The number of allylic oxidation sites excluding steroid dienone is 2. The molecule has 0 fully saturated rings. The van der Waals surface area contributed by atoms with Crippen molar-refractivity contribution in [2.24, 2.45) is 0 Å². The minimum atomic E-state index is -0.609. The van der Waals surface area contributed by atoms with E-state index in [4.69, 9.17) is 0 Å². The monoisotopic (exact) mass is 866 g/mol. The molecule has 3 aromatic heterocycles. The molecule has 2 unspecified atom stereocenters. The highest BCUT2D eigenvalue weighted by Gasteiger charge is 2.39. The molecule has 0 saturated carbocycles. The van der Waals surface area contributed by atoms with Gasteiger partial charge in [-0.15, -0.1) is 0 Å². The minimum Gasteiger partial charge on any atom is -0.331 e. The molecule has 2 aliphatic rings. The molecular weight excluding hydrogens is 827 g/mol. The van der Waals surface area contributed by atoms with Gasteiger partial charge in [-0.05, 0) is 108 Å². The molecule has 318 valence electrons. The topological polar surface area (TPSA) is 18.0 Å². The van der Waals surface area contributed by atoms with Crippen molar-refractivity contribution in [2.45, 2.75) is 18.9 Å². The van der Waals surface area contributed by atoms with Gasteiger partial charge in [0, 0.05) is 61.4 Å². The quantitative estimate of drug-likeness (QED) is 0.169. The van der Waals surface area contributed by atoms with Gasteiger partial charge in [-0.1, -0.05) is 127 Å². The molecule has 6 heteroatoms. The second-order valence-corrected chi connectivity index (χ2v) is 18.0. The van der Waals surface area contributed by atoms with Gasteiger partial charge in [0.05, 0.1) is 50.5 Å². The Morgan fingerprint density at radius 3 is 1.43 bits per heavy atom. The van der Waals surface area contributed by atoms with E-state index >= 15 is 8.78 Å². The number of aromatic nitrogens is 3. The summed E-state index contributed by atoms with van der Waals surface area (Å²) in [6.45, 7) is 2.05. The van der Waals surface area contributed by atoms with Crippen LogP contribution in [0.4, 0.5) is 20.2 Å². The predicted octanol–water partition coefficient (Wildman–Crippen LogP) is 16.0. The number of hydrogen-bond donors (Lipinski definition) is 0. The van der Waals surface area contributed by atoms with E-state index in [1.165, 1.54) is 39.2 Å². The van der Waals surface area contributed by atoms with Gasteiger partial charge < -0.3 is 18.6 Å². The zero-order valence-corrected chi connectivity index (χ0v) is 36.4. The van der Waals surface area contributed by atoms with Crippen LogP contribution in [0.15, 0.2) is 212 Å². The van der Waals surface area contributed by atoms with Gasteiger partial charge in [-0.2, -0.15) is 0 Å². The van der Waals surface area contributed by atoms with Gasteiger partial charge in [0.25, 0.3) is 0 Å². The van der Waals surface area contributed by atoms with Gasteiger partial charge in [0.2, 0.25) is 0 Å². The number of para-hydroxylation sites is 5. The number of hydrogen-bond acceptors (Lipinski definition) is 1. The summed E-state index contributed by atoms with van der Waals surface area (Å²) < 4.78 is 37.5. The Morgan fingerprint density at radius 2 is 0.866 bits per heavy atom. The molecule has 14 rings (SSSR count). The molecule has 0 spiro atoms. The van der Waals surface area contributed by atoms with Gasteiger partial charge in [-0.3, -0.25) is 0 Å². The first-order chi connectivity index (χ1) is 33.0. The molecule has 0 amide bonds. The van der Waals surface area contributed by atoms with Gasteiger partial charge in [0.1, 0.15) is 11.6 Å². The van der Waals surface area contributed by atoms with E-state index in [0.29, 0.717) is 5.56 Å². The first-order valence-corrected chi connectivity index (χ1v) is 22.9. The largest absolute Gasteiger partial charge is 0.331 e. The van der Waals surface area contributed by atoms with Crippen LogP contribution in [0.5, 0.6) is 0 Å². The first kappa shape index (κ1) is 37.9. The molecule has 0 N–H and O–H groups in total. The van der Waals surface area contributed by atoms with E-state index in [-0.39, 0.29) is 12.0 Å². The summed E-state index contributed by atoms with van der Waals surface area (Å²) in [6, 6.07) is 64.9. The Bertz CT molecular complexity index is 4000. The maximum Gasteiger partial charge on any atom is 0.126 e. The van der Waals surface area contributed by atoms with Crippen molar-refractivity contribution in [3.05, 3.63) is 235 Å². The van der Waals surface area contributed by atoms with Gasteiger partial charge >= 0.3 is 0 Å². The van der Waals surface area contributed by atoms with Crippen LogP contribution in [-0.2, 0) is 0 Å². The van der Waals surface area contributed by atoms with E-state index in [0.717, 1.165) is 89.5 Å². The molecule has 1 aliphatic heterocycles. The van der Waals surface area contributed by atoms with Crippen LogP contribution in [-0.4, -0.2) is 19.7 Å². The van der Waals surface area contributed by atoms with Crippen LogP contribution in [0.1, 0.15) is 17.0 Å². The number of benzene rings is 9. The normalized spacial score (nSPS) is 15.5. The molecule has 1 aliphatic carbocycles. The fraction of sp³-hybridized carbons (Fsp3) is 0.0492. The lowest BCUT2D eigenvalue weighted by molar-refractivity contribution is 0.584. The number of rotatable bonds is 5. The fourth-order valence-corrected chi connectivity index (χ4v) is 11.6. The summed E-state index contributed by atoms with van der Waals surface area (Å²) in [4.78, 5) is 2.47. The lowest BCUT2D eigenvalue weighted by atomic mass is 9.91. The zero-order valence-electron chi connectivity index (χ0n) is 36.4. The van der Waals surface area contributed by atoms with Crippen molar-refractivity contribution >= 4 is 76.8 Å². The third kappa shape index (κ3) is 5.50. The number of fused-ring (bicyclic) bond motifs is 12. The maximum atomic E-state index is 15.2. The summed E-state index contributed by atoms with van der Waals surface area (Å²) in [5.74, 6) is -1.15. The average molecular weight is 867 g/mol. The van der Waals surface area contributed by atoms with Crippen LogP contribution in [0.25, 0.3) is 93.6 Å². The molecule has 9 aromatic carbocycles. The smallest absolute Gasteiger partial charge is 0.126 e. The highest BCUT2D eigenvalue weighted by molar-refractivity contribution is 6.13. The van der Waals surface area contributed by atoms with Crippen molar-refractivity contribution in [3.8, 4) is 28.2 Å². The molecule has 0 saturated heterocycles. The lowest BCUT2D eigenvalue weighted by Gasteiger charge is -2.32. The lowest BCUT2D eigenvalue weighted by Crippen LogP contribution is -2.29. The first-order valence-electron chi connectivity index (χ1n) is 22.9. The van der Waals surface area contributed by atoms with Crippen LogP contribution in [0.2, 0.25) is 0 Å². The van der Waals surface area contributed by atoms with Gasteiger partial charge in [0.15, 0.2) is 0 Å². The SMILES string of the molecule is Cc1cc(-n2c3ccccc3c3ccc(-n4c5ccccc5c5ccccc54)cc32)c(N2c3cc(-n4c5ccccc5c5ccccc54)ccc3C3C=CC=CC32)cc1-c1cc(F)cc(F)c1. The highest BCUT2D eigenvalue weighted by Crippen LogP contribution is 2.52. The Balaban J connectivity index is 1.07. The third-order valence-corrected chi connectivity index (χ3v) is 14.4. The third-order valence-electron chi connectivity index (χ3n) is 14.4. The second kappa shape index (κ2) is 14.3. The van der Waals surface area contributed by atoms with E-state index in [1.54, 1.807) is 0 Å². The molecular formula is C61H40F2N4. The zero-order chi connectivity index (χ0) is 44.5. The van der Waals surface area contributed by atoms with Gasteiger partial charge in [-0.25, -0.2) is 8.78 Å². The Kier molecular flexibility index (Phi) is 8.06. The number of halogens is 2. The van der Waals surface area contributed by atoms with Crippen LogP contribution in [0, 0.1) is 18.6 Å². The van der Waals surface area contributed by atoms with E-state index in [2.05, 4.69) is 213 Å². The number of aryl methyl sites for hydroxylation is 1. The standard InChI is InChI=1S/C61H40F2N4/c1-37-30-60(66-56-24-12-6-18-47(56)49-28-26-41(34-58(49)66)64-52-20-8-2-14-43(52)44-15-3-9-21-53(44)64)61(36-51(37)38-31-39(62)33-40(63)32-38)67-57-25-13-7-19-48(57)50-29-27-42(35-59(50)67)65-54-22-10-4-16-45(54)46-17-5-11-23-55(46)65/h2-36,48,57H,1H3. The predicted molar refractivity (Wildman–Crippen MR) is 273 cm³/mol. The summed E-state index contributed by atoms with van der Waals surface area (Å²) in [7, 11) is 0. The van der Waals surface area contributed by atoms with Crippen LogP contribution < -0.4 is 4.90 Å². The Labute approximate surface area is 384 Å². The maximum absolute atomic E-state index is 15.2. The molecule has 4 heterocycles. The van der Waals surface area contributed by atoms with Crippen molar-refractivity contribution in [3.63, 3.8) is 0 Å². The number of nitrogens with zero attached hydrogens (tertiary/aromatic N) is 4. The van der Waals surface area contributed by atoms with Crippen LogP contribution in [0.3, 0.4) is 0 Å². The molecule has 12 aromatic rings. The fourth-order valence-electron chi connectivity index (χ4n) is 11.6. The minimum absolute atomic E-state index is 0.0662. The highest BCUT2D eigenvalue weighted by atomic mass is 19.1. The Morgan fingerprint density at radius 1 is 0.388 bits per heavy atom. The summed E-state index contributed by atoms with van der Waals surface area (Å²) in [6.07, 6.45) is 8.89. The van der Waals surface area contributed by atoms with E-state index in [9.17, 15) is 0 Å². The molecule has 0 radical (unpaired) electrons. The Hall–Kier alpha value is -8.48. The van der Waals surface area contributed by atoms with Crippen molar-refractivity contribution in [2.75, 3.05) is 4.90 Å². The van der Waals surface area contributed by atoms with Crippen molar-refractivity contribution in [1.82, 2.24) is 13.7 Å². The molecule has 0 bridgehead atoms. The molecule has 2 atom stereocenters. The summed E-state index contributed by atoms with van der Waals surface area (Å²) in [5, 5.41) is 7.09. The summed E-state index contributed by atoms with van der Waals surface area (Å²) >= 11 is 0. The van der Waals surface area contributed by atoms with Crippen LogP contribution >= 0.6 is 0 Å². The van der Waals surface area contributed by atoms with Crippen molar-refractivity contribution in [1.29, 1.82) is 0 Å². The van der Waals surface area contributed by atoms with E-state index < -0.39 is 11.6 Å². The summed E-state index contributed by atoms with van der Waals surface area (Å²) in [5.41, 5.74) is 15.2. The average Bonchev–Trinajstić information content (AvgIpc) is 4.08. The van der Waals surface area contributed by atoms with E-state index in [1.807, 2.05) is 6.92 Å².